The zero-order valence-corrected chi connectivity index (χ0v) is 10.1. The molecule has 1 atom stereocenters. The van der Waals surface area contributed by atoms with Gasteiger partial charge < -0.3 is 9.64 Å². The van der Waals surface area contributed by atoms with Gasteiger partial charge in [0, 0.05) is 14.0 Å². The molecule has 2 amide bonds. The quantitative estimate of drug-likeness (QED) is 0.803. The fraction of sp³-hybridized carbons (Fsp3) is 0.333. The maximum Gasteiger partial charge on any atom is 0.416 e. The van der Waals surface area contributed by atoms with Gasteiger partial charge in [-0.25, -0.2) is 9.18 Å². The smallest absolute Gasteiger partial charge is 0.416 e. The van der Waals surface area contributed by atoms with Gasteiger partial charge in [-0.15, -0.1) is 0 Å². The third kappa shape index (κ3) is 2.27. The van der Waals surface area contributed by atoms with Gasteiger partial charge in [-0.2, -0.15) is 0 Å². The Morgan fingerprint density at radius 3 is 2.89 bits per heavy atom. The second-order valence-electron chi connectivity index (χ2n) is 4.06. The van der Waals surface area contributed by atoms with Gasteiger partial charge >= 0.3 is 6.09 Å². The Labute approximate surface area is 104 Å². The maximum absolute atomic E-state index is 13.1. The van der Waals surface area contributed by atoms with Crippen LogP contribution in [0.1, 0.15) is 6.92 Å². The van der Waals surface area contributed by atoms with Crippen molar-refractivity contribution in [2.24, 2.45) is 0 Å². The summed E-state index contributed by atoms with van der Waals surface area (Å²) in [7, 11) is 1.55. The van der Waals surface area contributed by atoms with Crippen molar-refractivity contribution in [3.8, 4) is 0 Å². The highest BCUT2D eigenvalue weighted by atomic mass is 19.1. The SMILES string of the molecule is CC(=O)N(C)C1CN(c2cccc(F)c2)C(=O)O1. The van der Waals surface area contributed by atoms with Crippen LogP contribution in [0, 0.1) is 5.82 Å². The van der Waals surface area contributed by atoms with Crippen molar-refractivity contribution in [3.05, 3.63) is 30.1 Å². The average molecular weight is 252 g/mol. The molecule has 0 spiro atoms. The van der Waals surface area contributed by atoms with Crippen molar-refractivity contribution in [2.45, 2.75) is 13.2 Å². The molecule has 5 nitrogen and oxygen atoms in total. The fourth-order valence-corrected chi connectivity index (χ4v) is 1.71. The summed E-state index contributed by atoms with van der Waals surface area (Å²) < 4.78 is 18.1. The summed E-state index contributed by atoms with van der Waals surface area (Å²) in [6.07, 6.45) is -1.23. The molecule has 0 radical (unpaired) electrons. The van der Waals surface area contributed by atoms with Crippen LogP contribution in [0.3, 0.4) is 0 Å². The molecular formula is C12H13FN2O3. The molecule has 96 valence electrons. The number of rotatable bonds is 2. The van der Waals surface area contributed by atoms with Gasteiger partial charge in [0.15, 0.2) is 6.23 Å². The summed E-state index contributed by atoms with van der Waals surface area (Å²) >= 11 is 0. The summed E-state index contributed by atoms with van der Waals surface area (Å²) in [5, 5.41) is 0. The first-order valence-electron chi connectivity index (χ1n) is 5.46. The Kier molecular flexibility index (Phi) is 3.18. The van der Waals surface area contributed by atoms with Crippen LogP contribution in [0.2, 0.25) is 0 Å². The highest BCUT2D eigenvalue weighted by molar-refractivity contribution is 5.90. The van der Waals surface area contributed by atoms with Crippen LogP contribution in [-0.2, 0) is 9.53 Å². The summed E-state index contributed by atoms with van der Waals surface area (Å²) in [5.74, 6) is -0.627. The third-order valence-corrected chi connectivity index (χ3v) is 2.84. The number of ether oxygens (including phenoxy) is 1. The molecule has 0 bridgehead atoms. The average Bonchev–Trinajstić information content (AvgIpc) is 2.70. The Morgan fingerprint density at radius 2 is 2.28 bits per heavy atom. The summed E-state index contributed by atoms with van der Waals surface area (Å²) in [6, 6.07) is 5.67. The lowest BCUT2D eigenvalue weighted by Gasteiger charge is -2.20. The van der Waals surface area contributed by atoms with Crippen LogP contribution < -0.4 is 4.90 Å². The zero-order valence-electron chi connectivity index (χ0n) is 10.1. The first-order valence-corrected chi connectivity index (χ1v) is 5.46. The summed E-state index contributed by atoms with van der Waals surface area (Å²) in [4.78, 5) is 25.5. The van der Waals surface area contributed by atoms with Crippen LogP contribution >= 0.6 is 0 Å². The summed E-state index contributed by atoms with van der Waals surface area (Å²) in [5.41, 5.74) is 0.416. The number of hydrogen-bond donors (Lipinski definition) is 0. The molecule has 1 unspecified atom stereocenters. The standard InChI is InChI=1S/C12H13FN2O3/c1-8(16)14(2)11-7-15(12(17)18-11)10-5-3-4-9(13)6-10/h3-6,11H,7H2,1-2H3. The fourth-order valence-electron chi connectivity index (χ4n) is 1.71. The predicted octanol–water partition coefficient (Wildman–Crippen LogP) is 1.59. The Balaban J connectivity index is 2.17. The molecule has 0 aromatic heterocycles. The number of cyclic esters (lactones) is 1. The summed E-state index contributed by atoms with van der Waals surface area (Å²) in [6.45, 7) is 1.58. The third-order valence-electron chi connectivity index (χ3n) is 2.84. The molecule has 0 saturated carbocycles. The van der Waals surface area contributed by atoms with Crippen molar-refractivity contribution in [3.63, 3.8) is 0 Å². The molecule has 1 saturated heterocycles. The Bertz CT molecular complexity index is 492. The van der Waals surface area contributed by atoms with E-state index in [9.17, 15) is 14.0 Å². The minimum absolute atomic E-state index is 0.193. The molecule has 6 heteroatoms. The molecule has 1 heterocycles. The van der Waals surface area contributed by atoms with Gasteiger partial charge in [-0.05, 0) is 18.2 Å². The van der Waals surface area contributed by atoms with Crippen molar-refractivity contribution < 1.29 is 18.7 Å². The monoisotopic (exact) mass is 252 g/mol. The highest BCUT2D eigenvalue weighted by Gasteiger charge is 2.35. The van der Waals surface area contributed by atoms with Gasteiger partial charge in [0.05, 0.1) is 12.2 Å². The largest absolute Gasteiger partial charge is 0.423 e. The number of amides is 2. The number of hydrogen-bond acceptors (Lipinski definition) is 3. The van der Waals surface area contributed by atoms with Crippen molar-refractivity contribution in [1.82, 2.24) is 4.90 Å². The Hall–Kier alpha value is -2.11. The van der Waals surface area contributed by atoms with E-state index in [0.717, 1.165) is 0 Å². The van der Waals surface area contributed by atoms with Crippen LogP contribution in [-0.4, -0.2) is 36.7 Å². The van der Waals surface area contributed by atoms with E-state index in [4.69, 9.17) is 4.74 Å². The van der Waals surface area contributed by atoms with E-state index < -0.39 is 18.1 Å². The maximum atomic E-state index is 13.1. The van der Waals surface area contributed by atoms with E-state index in [1.165, 1.54) is 34.9 Å². The normalized spacial score (nSPS) is 18.7. The molecular weight excluding hydrogens is 239 g/mol. The van der Waals surface area contributed by atoms with E-state index in [1.807, 2.05) is 0 Å². The zero-order chi connectivity index (χ0) is 13.3. The molecule has 2 rings (SSSR count). The van der Waals surface area contributed by atoms with Crippen LogP contribution in [0.25, 0.3) is 0 Å². The van der Waals surface area contributed by atoms with E-state index in [1.54, 1.807) is 13.1 Å². The van der Waals surface area contributed by atoms with Gasteiger partial charge in [0.2, 0.25) is 5.91 Å². The number of carbonyl (C=O) groups is 2. The molecule has 1 aliphatic heterocycles. The number of carbonyl (C=O) groups excluding carboxylic acids is 2. The van der Waals surface area contributed by atoms with E-state index >= 15 is 0 Å². The lowest BCUT2D eigenvalue weighted by atomic mass is 10.3. The van der Waals surface area contributed by atoms with Crippen LogP contribution in [0.15, 0.2) is 24.3 Å². The number of likely N-dealkylation sites (N-methyl/N-ethyl adjacent to an activating group) is 1. The number of nitrogens with zero attached hydrogens (tertiary/aromatic N) is 2. The lowest BCUT2D eigenvalue weighted by molar-refractivity contribution is -0.134. The first-order chi connectivity index (χ1) is 8.49. The first kappa shape index (κ1) is 12.3. The lowest BCUT2D eigenvalue weighted by Crippen LogP contribution is -2.38. The second-order valence-corrected chi connectivity index (χ2v) is 4.06. The number of halogens is 1. The molecule has 1 aromatic rings. The Morgan fingerprint density at radius 1 is 1.56 bits per heavy atom. The van der Waals surface area contributed by atoms with Crippen LogP contribution in [0.4, 0.5) is 14.9 Å². The minimum atomic E-state index is -0.640. The number of benzene rings is 1. The minimum Gasteiger partial charge on any atom is -0.423 e. The van der Waals surface area contributed by atoms with Gasteiger partial charge in [-0.1, -0.05) is 6.07 Å². The van der Waals surface area contributed by atoms with Crippen LogP contribution in [0.5, 0.6) is 0 Å². The van der Waals surface area contributed by atoms with E-state index in [0.29, 0.717) is 5.69 Å². The molecule has 18 heavy (non-hydrogen) atoms. The van der Waals surface area contributed by atoms with E-state index in [-0.39, 0.29) is 12.5 Å². The highest BCUT2D eigenvalue weighted by Crippen LogP contribution is 2.23. The van der Waals surface area contributed by atoms with E-state index in [2.05, 4.69) is 0 Å². The van der Waals surface area contributed by atoms with Gasteiger partial charge in [-0.3, -0.25) is 9.69 Å². The van der Waals surface area contributed by atoms with Crippen molar-refractivity contribution in [2.75, 3.05) is 18.5 Å². The van der Waals surface area contributed by atoms with Crippen molar-refractivity contribution >= 4 is 17.7 Å². The molecule has 1 fully saturated rings. The van der Waals surface area contributed by atoms with Gasteiger partial charge in [0.1, 0.15) is 5.82 Å². The molecule has 1 aliphatic rings. The molecule has 0 N–H and O–H groups in total. The van der Waals surface area contributed by atoms with Crippen molar-refractivity contribution in [1.29, 1.82) is 0 Å². The molecule has 0 aliphatic carbocycles. The molecule has 1 aromatic carbocycles. The van der Waals surface area contributed by atoms with Gasteiger partial charge in [0.25, 0.3) is 0 Å². The predicted molar refractivity (Wildman–Crippen MR) is 62.5 cm³/mol. The number of anilines is 1. The second kappa shape index (κ2) is 4.64. The topological polar surface area (TPSA) is 49.9 Å².